The number of nitro benzene ring substituents is 1. The van der Waals surface area contributed by atoms with Crippen LogP contribution < -0.4 is 10.6 Å². The molecule has 0 aliphatic heterocycles. The van der Waals surface area contributed by atoms with Crippen LogP contribution in [0.5, 0.6) is 0 Å². The second-order valence-electron chi connectivity index (χ2n) is 6.19. The summed E-state index contributed by atoms with van der Waals surface area (Å²) in [6.45, 7) is -0.0437. The highest BCUT2D eigenvalue weighted by Gasteiger charge is 2.25. The van der Waals surface area contributed by atoms with E-state index in [9.17, 15) is 24.4 Å². The molecule has 2 aromatic rings. The maximum atomic E-state index is 13.2. The largest absolute Gasteiger partial charge is 0.387 e. The lowest BCUT2D eigenvalue weighted by Crippen LogP contribution is -2.25. The Kier molecular flexibility index (Phi) is 5.13. The Hall–Kier alpha value is -3.00. The molecule has 0 saturated heterocycles. The van der Waals surface area contributed by atoms with Crippen LogP contribution in [-0.4, -0.2) is 28.5 Å². The van der Waals surface area contributed by atoms with Crippen LogP contribution in [0.1, 0.15) is 34.9 Å². The van der Waals surface area contributed by atoms with E-state index in [1.54, 1.807) is 6.07 Å². The van der Waals surface area contributed by atoms with Gasteiger partial charge in [0.25, 0.3) is 11.6 Å². The number of carbonyl (C=O) groups is 1. The lowest BCUT2D eigenvalue weighted by molar-refractivity contribution is -0.384. The maximum absolute atomic E-state index is 13.2. The van der Waals surface area contributed by atoms with Crippen molar-refractivity contribution in [3.8, 4) is 0 Å². The number of aliphatic hydroxyl groups is 1. The first kappa shape index (κ1) is 17.8. The molecule has 1 saturated carbocycles. The number of aliphatic hydroxyl groups excluding tert-OH is 1. The number of nitrogens with one attached hydrogen (secondary N) is 2. The van der Waals surface area contributed by atoms with Crippen molar-refractivity contribution in [3.63, 3.8) is 0 Å². The van der Waals surface area contributed by atoms with Crippen LogP contribution in [0, 0.1) is 15.9 Å². The van der Waals surface area contributed by atoms with Gasteiger partial charge in [0.1, 0.15) is 11.5 Å². The first-order chi connectivity index (χ1) is 12.4. The van der Waals surface area contributed by atoms with Crippen LogP contribution in [0.2, 0.25) is 0 Å². The van der Waals surface area contributed by atoms with Gasteiger partial charge < -0.3 is 15.7 Å². The van der Waals surface area contributed by atoms with Gasteiger partial charge in [0.15, 0.2) is 0 Å². The number of nitro groups is 1. The van der Waals surface area contributed by atoms with Crippen molar-refractivity contribution in [1.29, 1.82) is 0 Å². The molecular weight excluding hydrogens is 341 g/mol. The number of carbonyl (C=O) groups excluding carboxylic acids is 1. The minimum absolute atomic E-state index is 0.0437. The fourth-order valence-electron chi connectivity index (χ4n) is 2.51. The van der Waals surface area contributed by atoms with Gasteiger partial charge in [0.05, 0.1) is 11.0 Å². The van der Waals surface area contributed by atoms with Crippen LogP contribution in [-0.2, 0) is 0 Å². The first-order valence-corrected chi connectivity index (χ1v) is 8.21. The summed E-state index contributed by atoms with van der Waals surface area (Å²) < 4.78 is 13.2. The lowest BCUT2D eigenvalue weighted by atomic mass is 10.1. The molecule has 0 radical (unpaired) electrons. The Balaban J connectivity index is 1.72. The Morgan fingerprint density at radius 1 is 1.31 bits per heavy atom. The molecule has 7 nitrogen and oxygen atoms in total. The second-order valence-corrected chi connectivity index (χ2v) is 6.19. The van der Waals surface area contributed by atoms with Gasteiger partial charge >= 0.3 is 0 Å². The molecule has 136 valence electrons. The zero-order chi connectivity index (χ0) is 18.7. The number of amides is 1. The molecule has 1 aliphatic carbocycles. The third kappa shape index (κ3) is 4.34. The number of hydrogen-bond donors (Lipinski definition) is 3. The van der Waals surface area contributed by atoms with Gasteiger partial charge in [-0.1, -0.05) is 12.1 Å². The predicted molar refractivity (Wildman–Crippen MR) is 93.4 cm³/mol. The van der Waals surface area contributed by atoms with E-state index in [4.69, 9.17) is 0 Å². The summed E-state index contributed by atoms with van der Waals surface area (Å²) in [7, 11) is 0. The minimum Gasteiger partial charge on any atom is -0.387 e. The SMILES string of the molecule is O=C(NC1CC1)c1ccc(NCC(O)c2cccc(F)c2)c([N+](=O)[O-])c1. The highest BCUT2D eigenvalue weighted by Crippen LogP contribution is 2.27. The van der Waals surface area contributed by atoms with Gasteiger partial charge in [0.2, 0.25) is 0 Å². The van der Waals surface area contributed by atoms with Gasteiger partial charge in [0, 0.05) is 24.2 Å². The molecule has 1 atom stereocenters. The van der Waals surface area contributed by atoms with E-state index in [2.05, 4.69) is 10.6 Å². The van der Waals surface area contributed by atoms with Crippen LogP contribution in [0.15, 0.2) is 42.5 Å². The number of benzene rings is 2. The lowest BCUT2D eigenvalue weighted by Gasteiger charge is -2.14. The molecule has 3 rings (SSSR count). The zero-order valence-corrected chi connectivity index (χ0v) is 13.8. The average Bonchev–Trinajstić information content (AvgIpc) is 3.43. The van der Waals surface area contributed by atoms with Crippen molar-refractivity contribution in [2.24, 2.45) is 0 Å². The fraction of sp³-hybridized carbons (Fsp3) is 0.278. The van der Waals surface area contributed by atoms with Crippen LogP contribution in [0.25, 0.3) is 0 Å². The van der Waals surface area contributed by atoms with Gasteiger partial charge in [-0.2, -0.15) is 0 Å². The van der Waals surface area contributed by atoms with E-state index in [-0.39, 0.29) is 35.4 Å². The number of nitrogens with zero attached hydrogens (tertiary/aromatic N) is 1. The Bertz CT molecular complexity index is 839. The normalized spacial score (nSPS) is 14.5. The maximum Gasteiger partial charge on any atom is 0.293 e. The number of rotatable bonds is 7. The molecule has 3 N–H and O–H groups in total. The third-order valence-electron chi connectivity index (χ3n) is 4.09. The van der Waals surface area contributed by atoms with Crippen molar-refractivity contribution in [3.05, 3.63) is 69.5 Å². The van der Waals surface area contributed by atoms with Crippen molar-refractivity contribution in [1.82, 2.24) is 5.32 Å². The van der Waals surface area contributed by atoms with Gasteiger partial charge in [-0.05, 0) is 42.7 Å². The molecule has 0 spiro atoms. The summed E-state index contributed by atoms with van der Waals surface area (Å²) in [5.41, 5.74) is 0.480. The highest BCUT2D eigenvalue weighted by atomic mass is 19.1. The molecule has 2 aromatic carbocycles. The number of halogens is 1. The van der Waals surface area contributed by atoms with Gasteiger partial charge in [-0.25, -0.2) is 4.39 Å². The summed E-state index contributed by atoms with van der Waals surface area (Å²) in [4.78, 5) is 22.8. The molecule has 1 unspecified atom stereocenters. The molecule has 1 amide bonds. The number of hydrogen-bond acceptors (Lipinski definition) is 5. The zero-order valence-electron chi connectivity index (χ0n) is 13.8. The van der Waals surface area contributed by atoms with E-state index >= 15 is 0 Å². The molecule has 0 bridgehead atoms. The molecule has 1 fully saturated rings. The van der Waals surface area contributed by atoms with Gasteiger partial charge in [-0.3, -0.25) is 14.9 Å². The van der Waals surface area contributed by atoms with E-state index in [1.165, 1.54) is 36.4 Å². The van der Waals surface area contributed by atoms with E-state index in [0.717, 1.165) is 12.8 Å². The van der Waals surface area contributed by atoms with Crippen LogP contribution in [0.4, 0.5) is 15.8 Å². The number of anilines is 1. The molecular formula is C18H18FN3O4. The monoisotopic (exact) mass is 359 g/mol. The first-order valence-electron chi connectivity index (χ1n) is 8.21. The summed E-state index contributed by atoms with van der Waals surface area (Å²) in [5.74, 6) is -0.819. The summed E-state index contributed by atoms with van der Waals surface area (Å²) in [6.07, 6.45) is 0.805. The summed E-state index contributed by atoms with van der Waals surface area (Å²) in [6, 6.07) is 9.78. The fourth-order valence-corrected chi connectivity index (χ4v) is 2.51. The Morgan fingerprint density at radius 3 is 2.73 bits per heavy atom. The van der Waals surface area contributed by atoms with Crippen LogP contribution in [0.3, 0.4) is 0 Å². The van der Waals surface area contributed by atoms with E-state index < -0.39 is 16.8 Å². The highest BCUT2D eigenvalue weighted by molar-refractivity contribution is 5.96. The quantitative estimate of drug-likeness (QED) is 0.521. The van der Waals surface area contributed by atoms with E-state index in [1.807, 2.05) is 0 Å². The van der Waals surface area contributed by atoms with Crippen molar-refractivity contribution < 1.29 is 19.2 Å². The Morgan fingerprint density at radius 2 is 2.08 bits per heavy atom. The molecule has 26 heavy (non-hydrogen) atoms. The van der Waals surface area contributed by atoms with Crippen molar-refractivity contribution >= 4 is 17.3 Å². The smallest absolute Gasteiger partial charge is 0.293 e. The Labute approximate surface area is 149 Å². The third-order valence-corrected chi connectivity index (χ3v) is 4.09. The topological polar surface area (TPSA) is 104 Å². The second kappa shape index (κ2) is 7.49. The molecule has 0 heterocycles. The van der Waals surface area contributed by atoms with Crippen molar-refractivity contribution in [2.75, 3.05) is 11.9 Å². The van der Waals surface area contributed by atoms with Crippen LogP contribution >= 0.6 is 0 Å². The predicted octanol–water partition coefficient (Wildman–Crippen LogP) is 2.77. The van der Waals surface area contributed by atoms with Gasteiger partial charge in [-0.15, -0.1) is 0 Å². The minimum atomic E-state index is -1.04. The standard InChI is InChI=1S/C18H18FN3O4/c19-13-3-1-2-11(8-13)17(23)10-20-15-7-4-12(9-16(15)22(25)26)18(24)21-14-5-6-14/h1-4,7-9,14,17,20,23H,5-6,10H2,(H,21,24). The summed E-state index contributed by atoms with van der Waals surface area (Å²) in [5, 5.41) is 27.0. The molecule has 0 aromatic heterocycles. The summed E-state index contributed by atoms with van der Waals surface area (Å²) >= 11 is 0. The molecule has 8 heteroatoms. The molecule has 1 aliphatic rings. The average molecular weight is 359 g/mol. The van der Waals surface area contributed by atoms with Crippen molar-refractivity contribution in [2.45, 2.75) is 25.0 Å². The van der Waals surface area contributed by atoms with E-state index in [0.29, 0.717) is 5.56 Å².